The molecule has 0 aliphatic heterocycles. The molecule has 0 aliphatic rings. The monoisotopic (exact) mass is 502 g/mol. The first-order valence-corrected chi connectivity index (χ1v) is 12.6. The summed E-state index contributed by atoms with van der Waals surface area (Å²) in [5, 5.41) is 2.60. The van der Waals surface area contributed by atoms with Crippen molar-refractivity contribution in [3.05, 3.63) is 88.5 Å². The molecule has 0 unspecified atom stereocenters. The summed E-state index contributed by atoms with van der Waals surface area (Å²) in [4.78, 5) is 26.2. The Balaban J connectivity index is 1.80. The summed E-state index contributed by atoms with van der Waals surface area (Å²) in [5.74, 6) is -0.220. The van der Waals surface area contributed by atoms with Gasteiger partial charge in [-0.3, -0.25) is 9.69 Å². The lowest BCUT2D eigenvalue weighted by atomic mass is 10.0. The van der Waals surface area contributed by atoms with Crippen LogP contribution in [-0.4, -0.2) is 28.9 Å². The zero-order valence-electron chi connectivity index (χ0n) is 23.0. The van der Waals surface area contributed by atoms with E-state index in [0.29, 0.717) is 5.69 Å². The highest BCUT2D eigenvalue weighted by molar-refractivity contribution is 6.37. The van der Waals surface area contributed by atoms with Crippen LogP contribution in [0, 0.1) is 20.8 Å². The number of amides is 1. The molecule has 0 heterocycles. The second-order valence-electron chi connectivity index (χ2n) is 10.3. The van der Waals surface area contributed by atoms with Gasteiger partial charge in [0.1, 0.15) is 11.5 Å². The minimum Gasteiger partial charge on any atom is -0.459 e. The molecule has 0 aliphatic carbocycles. The zero-order valence-corrected chi connectivity index (χ0v) is 23.0. The van der Waals surface area contributed by atoms with E-state index in [9.17, 15) is 9.59 Å². The Labute approximate surface area is 220 Å². The molecule has 1 amide bonds. The highest BCUT2D eigenvalue weighted by atomic mass is 16.5. The molecule has 0 fully saturated rings. The zero-order chi connectivity index (χ0) is 27.2. The van der Waals surface area contributed by atoms with Gasteiger partial charge >= 0.3 is 11.9 Å². The van der Waals surface area contributed by atoms with E-state index in [1.54, 1.807) is 19.1 Å². The van der Waals surface area contributed by atoms with Crippen LogP contribution in [0.25, 0.3) is 0 Å². The van der Waals surface area contributed by atoms with Crippen molar-refractivity contribution in [2.45, 2.75) is 67.1 Å². The van der Waals surface area contributed by atoms with Crippen LogP contribution in [0.3, 0.4) is 0 Å². The van der Waals surface area contributed by atoms with Crippen molar-refractivity contribution < 1.29 is 19.1 Å². The number of rotatable bonds is 8. The third-order valence-electron chi connectivity index (χ3n) is 6.25. The second kappa shape index (κ2) is 12.1. The van der Waals surface area contributed by atoms with Crippen molar-refractivity contribution in [3.8, 4) is 11.5 Å². The first-order valence-electron chi connectivity index (χ1n) is 12.6. The number of anilines is 1. The summed E-state index contributed by atoms with van der Waals surface area (Å²) in [6.07, 6.45) is 0. The van der Waals surface area contributed by atoms with Crippen LogP contribution < -0.4 is 10.1 Å². The van der Waals surface area contributed by atoms with Gasteiger partial charge in [-0.1, -0.05) is 36.4 Å². The Morgan fingerprint density at radius 2 is 1.51 bits per heavy atom. The van der Waals surface area contributed by atoms with Crippen molar-refractivity contribution in [1.82, 2.24) is 4.90 Å². The number of ether oxygens (including phenoxy) is 2. The molecule has 0 spiro atoms. The Kier molecular flexibility index (Phi) is 9.11. The first kappa shape index (κ1) is 27.9. The van der Waals surface area contributed by atoms with Crippen LogP contribution in [0.2, 0.25) is 0 Å². The maximum Gasteiger partial charge on any atom is 0.397 e. The number of nitrogens with one attached hydrogen (secondary N) is 1. The number of carbonyl (C=O) groups is 2. The van der Waals surface area contributed by atoms with Gasteiger partial charge in [0.2, 0.25) is 0 Å². The first-order chi connectivity index (χ1) is 17.5. The lowest BCUT2D eigenvalue weighted by Gasteiger charge is -2.36. The van der Waals surface area contributed by atoms with Gasteiger partial charge in [0, 0.05) is 24.3 Å². The van der Waals surface area contributed by atoms with E-state index < -0.39 is 11.9 Å². The van der Waals surface area contributed by atoms with Crippen LogP contribution in [0.4, 0.5) is 5.69 Å². The van der Waals surface area contributed by atoms with E-state index in [1.165, 1.54) is 16.7 Å². The topological polar surface area (TPSA) is 67.9 Å². The summed E-state index contributed by atoms with van der Waals surface area (Å²) in [7, 11) is 0. The van der Waals surface area contributed by atoms with E-state index in [1.807, 2.05) is 26.0 Å². The van der Waals surface area contributed by atoms with Gasteiger partial charge in [0.25, 0.3) is 0 Å². The van der Waals surface area contributed by atoms with E-state index in [0.717, 1.165) is 35.7 Å². The molecule has 3 aromatic rings. The van der Waals surface area contributed by atoms with Gasteiger partial charge in [-0.2, -0.15) is 0 Å². The van der Waals surface area contributed by atoms with Gasteiger partial charge in [0.05, 0.1) is 6.61 Å². The number of benzene rings is 3. The number of hydrogen-bond acceptors (Lipinski definition) is 5. The Hall–Kier alpha value is -3.64. The Bertz CT molecular complexity index is 1220. The summed E-state index contributed by atoms with van der Waals surface area (Å²) >= 11 is 0. The van der Waals surface area contributed by atoms with E-state index in [4.69, 9.17) is 9.47 Å². The minimum absolute atomic E-state index is 0.0177. The minimum atomic E-state index is -0.901. The summed E-state index contributed by atoms with van der Waals surface area (Å²) < 4.78 is 11.1. The van der Waals surface area contributed by atoms with Crippen molar-refractivity contribution in [2.24, 2.45) is 0 Å². The summed E-state index contributed by atoms with van der Waals surface area (Å²) in [6, 6.07) is 20.3. The molecule has 0 saturated heterocycles. The van der Waals surface area contributed by atoms with Crippen molar-refractivity contribution in [2.75, 3.05) is 11.9 Å². The molecule has 196 valence electrons. The van der Waals surface area contributed by atoms with Gasteiger partial charge < -0.3 is 14.8 Å². The SMILES string of the molecule is CCOC(=O)C(=O)Nc1cc(C)c(Oc2ccc(C)c(CN(Cc3ccccc3)C(C)(C)C)c2)c(C)c1. The fraction of sp³-hybridized carbons (Fsp3) is 0.355. The van der Waals surface area contributed by atoms with Crippen LogP contribution >= 0.6 is 0 Å². The van der Waals surface area contributed by atoms with Crippen molar-refractivity contribution in [1.29, 1.82) is 0 Å². The maximum absolute atomic E-state index is 12.0. The molecule has 37 heavy (non-hydrogen) atoms. The van der Waals surface area contributed by atoms with E-state index >= 15 is 0 Å². The normalized spacial score (nSPS) is 11.4. The van der Waals surface area contributed by atoms with Crippen LogP contribution in [0.1, 0.15) is 55.5 Å². The van der Waals surface area contributed by atoms with Gasteiger partial charge in [-0.05, 0) is 101 Å². The molecule has 0 aromatic heterocycles. The molecular formula is C31H38N2O4. The molecule has 0 saturated carbocycles. The molecular weight excluding hydrogens is 464 g/mol. The van der Waals surface area contributed by atoms with Gasteiger partial charge in [0.15, 0.2) is 0 Å². The Morgan fingerprint density at radius 1 is 0.865 bits per heavy atom. The third-order valence-corrected chi connectivity index (χ3v) is 6.25. The average Bonchev–Trinajstić information content (AvgIpc) is 2.83. The van der Waals surface area contributed by atoms with Crippen LogP contribution in [0.15, 0.2) is 60.7 Å². The molecule has 1 N–H and O–H groups in total. The molecule has 3 rings (SSSR count). The van der Waals surface area contributed by atoms with Crippen molar-refractivity contribution >= 4 is 17.6 Å². The lowest BCUT2D eigenvalue weighted by Crippen LogP contribution is -2.40. The molecule has 0 radical (unpaired) electrons. The molecule has 0 atom stereocenters. The van der Waals surface area contributed by atoms with Gasteiger partial charge in [-0.15, -0.1) is 0 Å². The molecule has 6 heteroatoms. The summed E-state index contributed by atoms with van der Waals surface area (Å²) in [6.45, 7) is 16.1. The summed E-state index contributed by atoms with van der Waals surface area (Å²) in [5.41, 5.74) is 5.90. The standard InChI is InChI=1S/C31H38N2O4/c1-8-36-30(35)29(34)32-26-16-22(3)28(23(4)17-26)37-27-15-14-21(2)25(18-27)20-33(31(5,6)7)19-24-12-10-9-11-13-24/h9-18H,8,19-20H2,1-7H3,(H,32,34). The Morgan fingerprint density at radius 3 is 2.11 bits per heavy atom. The van der Waals surface area contributed by atoms with Crippen molar-refractivity contribution in [3.63, 3.8) is 0 Å². The number of esters is 1. The fourth-order valence-electron chi connectivity index (χ4n) is 4.10. The molecule has 3 aromatic carbocycles. The van der Waals surface area contributed by atoms with E-state index in [-0.39, 0.29) is 12.1 Å². The molecule has 6 nitrogen and oxygen atoms in total. The molecule has 0 bridgehead atoms. The van der Waals surface area contributed by atoms with E-state index in [2.05, 4.69) is 74.3 Å². The number of aryl methyl sites for hydroxylation is 3. The lowest BCUT2D eigenvalue weighted by molar-refractivity contribution is -0.152. The highest BCUT2D eigenvalue weighted by Gasteiger charge is 2.23. The number of nitrogens with zero attached hydrogens (tertiary/aromatic N) is 1. The fourth-order valence-corrected chi connectivity index (χ4v) is 4.10. The maximum atomic E-state index is 12.0. The quantitative estimate of drug-likeness (QED) is 0.274. The van der Waals surface area contributed by atoms with Gasteiger partial charge in [-0.25, -0.2) is 4.79 Å². The second-order valence-corrected chi connectivity index (χ2v) is 10.3. The predicted molar refractivity (Wildman–Crippen MR) is 148 cm³/mol. The average molecular weight is 503 g/mol. The predicted octanol–water partition coefficient (Wildman–Crippen LogP) is 6.71. The van der Waals surface area contributed by atoms with Crippen LogP contribution in [0.5, 0.6) is 11.5 Å². The smallest absolute Gasteiger partial charge is 0.397 e. The largest absolute Gasteiger partial charge is 0.459 e. The van der Waals surface area contributed by atoms with Crippen LogP contribution in [-0.2, 0) is 27.4 Å². The third kappa shape index (κ3) is 7.67. The number of carbonyl (C=O) groups excluding carboxylic acids is 2. The number of hydrogen-bond donors (Lipinski definition) is 1. The highest BCUT2D eigenvalue weighted by Crippen LogP contribution is 2.33.